The van der Waals surface area contributed by atoms with Crippen molar-refractivity contribution in [3.05, 3.63) is 47.5 Å². The standard InChI is InChI=1S/C19H19ClF3NO6S/c1-18(27,19(21,22)23)17(26)24-16-8-7-14(11-15(16)20)31(28,29)13-5-3-12(4-6-13)30-10-2-9-25/h3-8,11,25,27H,2,9-10H2,1H3,(H,24,26). The molecule has 1 atom stereocenters. The van der Waals surface area contributed by atoms with Gasteiger partial charge in [-0.3, -0.25) is 4.79 Å². The number of sulfone groups is 1. The first kappa shape index (κ1) is 24.9. The second kappa shape index (κ2) is 9.43. The Bertz CT molecular complexity index is 1040. The van der Waals surface area contributed by atoms with Crippen LogP contribution in [0.1, 0.15) is 13.3 Å². The molecule has 0 aliphatic heterocycles. The molecule has 12 heteroatoms. The van der Waals surface area contributed by atoms with Crippen LogP contribution in [0.4, 0.5) is 18.9 Å². The van der Waals surface area contributed by atoms with Crippen molar-refractivity contribution in [2.45, 2.75) is 34.9 Å². The molecule has 2 aromatic carbocycles. The fraction of sp³-hybridized carbons (Fsp3) is 0.316. The minimum atomic E-state index is -5.22. The first-order valence-electron chi connectivity index (χ1n) is 8.79. The van der Waals surface area contributed by atoms with E-state index in [9.17, 15) is 31.5 Å². The van der Waals surface area contributed by atoms with Gasteiger partial charge in [0.1, 0.15) is 5.75 Å². The van der Waals surface area contributed by atoms with Gasteiger partial charge >= 0.3 is 6.18 Å². The van der Waals surface area contributed by atoms with Gasteiger partial charge in [-0.1, -0.05) is 11.6 Å². The third-order valence-corrected chi connectivity index (χ3v) is 6.28. The fourth-order valence-corrected chi connectivity index (χ4v) is 3.82. The maximum absolute atomic E-state index is 12.8. The number of carbonyl (C=O) groups is 1. The summed E-state index contributed by atoms with van der Waals surface area (Å²) in [7, 11) is -4.02. The van der Waals surface area contributed by atoms with Gasteiger partial charge in [0.05, 0.1) is 27.1 Å². The molecule has 0 saturated carbocycles. The summed E-state index contributed by atoms with van der Waals surface area (Å²) in [6.07, 6.45) is -4.80. The number of benzene rings is 2. The normalized spacial score (nSPS) is 14.0. The highest BCUT2D eigenvalue weighted by molar-refractivity contribution is 7.91. The van der Waals surface area contributed by atoms with Crippen LogP contribution in [0.5, 0.6) is 5.75 Å². The predicted octanol–water partition coefficient (Wildman–Crippen LogP) is 3.19. The smallest absolute Gasteiger partial charge is 0.426 e. The highest BCUT2D eigenvalue weighted by atomic mass is 35.5. The van der Waals surface area contributed by atoms with Crippen LogP contribution in [0.15, 0.2) is 52.3 Å². The molecule has 0 aliphatic carbocycles. The van der Waals surface area contributed by atoms with E-state index in [1.54, 1.807) is 0 Å². The Hall–Kier alpha value is -2.34. The van der Waals surface area contributed by atoms with Crippen molar-refractivity contribution in [2.75, 3.05) is 18.5 Å². The minimum Gasteiger partial charge on any atom is -0.494 e. The van der Waals surface area contributed by atoms with Crippen molar-refractivity contribution in [2.24, 2.45) is 0 Å². The second-order valence-electron chi connectivity index (χ2n) is 6.57. The number of carbonyl (C=O) groups excluding carboxylic acids is 1. The zero-order chi connectivity index (χ0) is 23.4. The number of amides is 1. The lowest BCUT2D eigenvalue weighted by atomic mass is 10.1. The van der Waals surface area contributed by atoms with Crippen molar-refractivity contribution >= 4 is 33.0 Å². The van der Waals surface area contributed by atoms with Crippen molar-refractivity contribution in [1.29, 1.82) is 0 Å². The molecule has 0 saturated heterocycles. The highest BCUT2D eigenvalue weighted by Gasteiger charge is 2.55. The van der Waals surface area contributed by atoms with Gasteiger partial charge in [-0.25, -0.2) is 8.42 Å². The average Bonchev–Trinajstić information content (AvgIpc) is 2.69. The molecule has 1 amide bonds. The number of halogens is 4. The topological polar surface area (TPSA) is 113 Å². The van der Waals surface area contributed by atoms with Crippen LogP contribution in [-0.2, 0) is 14.6 Å². The molecular formula is C19H19ClF3NO6S. The Balaban J connectivity index is 2.22. The molecular weight excluding hydrogens is 463 g/mol. The average molecular weight is 482 g/mol. The zero-order valence-corrected chi connectivity index (χ0v) is 17.7. The predicted molar refractivity (Wildman–Crippen MR) is 106 cm³/mol. The second-order valence-corrected chi connectivity index (χ2v) is 8.92. The van der Waals surface area contributed by atoms with Crippen LogP contribution >= 0.6 is 11.6 Å². The molecule has 7 nitrogen and oxygen atoms in total. The van der Waals surface area contributed by atoms with E-state index in [0.717, 1.165) is 18.2 Å². The molecule has 0 aliphatic rings. The third kappa shape index (κ3) is 5.67. The van der Waals surface area contributed by atoms with Gasteiger partial charge in [0.15, 0.2) is 0 Å². The maximum atomic E-state index is 12.8. The molecule has 31 heavy (non-hydrogen) atoms. The number of alkyl halides is 3. The number of ether oxygens (including phenoxy) is 1. The quantitative estimate of drug-likeness (QED) is 0.499. The fourth-order valence-electron chi connectivity index (χ4n) is 2.24. The van der Waals surface area contributed by atoms with Crippen LogP contribution in [0.3, 0.4) is 0 Å². The van der Waals surface area contributed by atoms with Gasteiger partial charge in [0, 0.05) is 13.0 Å². The van der Waals surface area contributed by atoms with Crippen molar-refractivity contribution in [3.8, 4) is 5.75 Å². The summed E-state index contributed by atoms with van der Waals surface area (Å²) in [4.78, 5) is 11.4. The van der Waals surface area contributed by atoms with E-state index in [-0.39, 0.29) is 40.6 Å². The van der Waals surface area contributed by atoms with Gasteiger partial charge in [-0.2, -0.15) is 13.2 Å². The Morgan fingerprint density at radius 1 is 1.13 bits per heavy atom. The third-order valence-electron chi connectivity index (χ3n) is 4.20. The van der Waals surface area contributed by atoms with E-state index in [1.807, 2.05) is 5.32 Å². The van der Waals surface area contributed by atoms with E-state index < -0.39 is 27.5 Å². The molecule has 3 N–H and O–H groups in total. The van der Waals surface area contributed by atoms with Crippen LogP contribution in [0.25, 0.3) is 0 Å². The number of aliphatic hydroxyl groups excluding tert-OH is 1. The summed E-state index contributed by atoms with van der Waals surface area (Å²) in [5.74, 6) is -1.37. The molecule has 2 aromatic rings. The molecule has 0 bridgehead atoms. The molecule has 170 valence electrons. The van der Waals surface area contributed by atoms with E-state index in [2.05, 4.69) is 0 Å². The van der Waals surface area contributed by atoms with Gasteiger partial charge in [0.2, 0.25) is 15.4 Å². The summed E-state index contributed by atoms with van der Waals surface area (Å²) in [5.41, 5.74) is -3.97. The van der Waals surface area contributed by atoms with Crippen LogP contribution in [-0.4, -0.2) is 49.5 Å². The lowest BCUT2D eigenvalue weighted by molar-refractivity contribution is -0.242. The Morgan fingerprint density at radius 2 is 1.71 bits per heavy atom. The largest absolute Gasteiger partial charge is 0.494 e. The molecule has 0 heterocycles. The first-order chi connectivity index (χ1) is 14.3. The van der Waals surface area contributed by atoms with E-state index in [4.69, 9.17) is 21.4 Å². The van der Waals surface area contributed by atoms with Gasteiger partial charge in [-0.05, 0) is 49.4 Å². The molecule has 0 fully saturated rings. The number of hydrogen-bond acceptors (Lipinski definition) is 6. The molecule has 0 aromatic heterocycles. The van der Waals surface area contributed by atoms with E-state index >= 15 is 0 Å². The Kier molecular flexibility index (Phi) is 7.58. The van der Waals surface area contributed by atoms with Crippen LogP contribution < -0.4 is 10.1 Å². The van der Waals surface area contributed by atoms with Gasteiger partial charge in [0.25, 0.3) is 5.91 Å². The first-order valence-corrected chi connectivity index (χ1v) is 10.7. The number of rotatable bonds is 8. The van der Waals surface area contributed by atoms with E-state index in [0.29, 0.717) is 12.2 Å². The SMILES string of the molecule is CC(O)(C(=O)Nc1ccc(S(=O)(=O)c2ccc(OCCCO)cc2)cc1Cl)C(F)(F)F. The Morgan fingerprint density at radius 3 is 2.23 bits per heavy atom. The lowest BCUT2D eigenvalue weighted by Gasteiger charge is -2.25. The Labute approximate surface area is 181 Å². The lowest BCUT2D eigenvalue weighted by Crippen LogP contribution is -2.52. The molecule has 0 spiro atoms. The number of nitrogens with one attached hydrogen (secondary N) is 1. The summed E-state index contributed by atoms with van der Waals surface area (Å²) in [5, 5.41) is 19.6. The molecule has 2 rings (SSSR count). The van der Waals surface area contributed by atoms with Crippen LogP contribution in [0.2, 0.25) is 5.02 Å². The summed E-state index contributed by atoms with van der Waals surface area (Å²) >= 11 is 5.95. The van der Waals surface area contributed by atoms with Gasteiger partial charge < -0.3 is 20.3 Å². The molecule has 0 radical (unpaired) electrons. The maximum Gasteiger partial charge on any atom is 0.426 e. The zero-order valence-electron chi connectivity index (χ0n) is 16.1. The van der Waals surface area contributed by atoms with E-state index in [1.165, 1.54) is 24.3 Å². The number of aliphatic hydroxyl groups is 2. The summed E-state index contributed by atoms with van der Waals surface area (Å²) in [6, 6.07) is 8.51. The summed E-state index contributed by atoms with van der Waals surface area (Å²) in [6.45, 7) is 0.496. The van der Waals surface area contributed by atoms with Crippen molar-refractivity contribution < 1.29 is 41.3 Å². The molecule has 1 unspecified atom stereocenters. The minimum absolute atomic E-state index is 0.0442. The number of hydrogen-bond donors (Lipinski definition) is 3. The van der Waals surface area contributed by atoms with Crippen molar-refractivity contribution in [1.82, 2.24) is 0 Å². The van der Waals surface area contributed by atoms with Gasteiger partial charge in [-0.15, -0.1) is 0 Å². The highest BCUT2D eigenvalue weighted by Crippen LogP contribution is 2.33. The van der Waals surface area contributed by atoms with Crippen LogP contribution in [0, 0.1) is 0 Å². The summed E-state index contributed by atoms with van der Waals surface area (Å²) < 4.78 is 69.2. The monoisotopic (exact) mass is 481 g/mol. The number of anilines is 1. The van der Waals surface area contributed by atoms with Crippen molar-refractivity contribution in [3.63, 3.8) is 0 Å².